The highest BCUT2D eigenvalue weighted by Crippen LogP contribution is 2.65. The molecule has 0 spiro atoms. The van der Waals surface area contributed by atoms with Gasteiger partial charge in [0.2, 0.25) is 11.8 Å². The number of benzene rings is 3. The second kappa shape index (κ2) is 16.4. The summed E-state index contributed by atoms with van der Waals surface area (Å²) in [6.07, 6.45) is 3.67. The fourth-order valence-electron chi connectivity index (χ4n) is 9.15. The van der Waals surface area contributed by atoms with E-state index in [0.29, 0.717) is 48.5 Å². The Morgan fingerprint density at radius 2 is 1.48 bits per heavy atom. The van der Waals surface area contributed by atoms with Crippen molar-refractivity contribution in [2.75, 3.05) is 19.5 Å². The average molecular weight is 738 g/mol. The predicted molar refractivity (Wildman–Crippen MR) is 215 cm³/mol. The van der Waals surface area contributed by atoms with E-state index < -0.39 is 19.2 Å². The standard InChI is InChI=1S/C44H60BN3O6/c1-27(2)20-34(42(50)48-40(21-28(3)4)45-53-39-26-32-25-38(43(32,5)6)44(39,7)54-45)47-41(49)35(22-29-18-19-36(51-8)37(23-29)52-9)46-33-17-13-16-31(24-33)30-14-11-10-12-15-30/h10-19,23-24,27-28,32,34-35,38-40,46H,20-22,25-26H2,1-9H3,(H,47,49)(H,48,50)/t32-,34-,35-,38-,39+,40-,44-/m0/s1. The van der Waals surface area contributed by atoms with Crippen LogP contribution in [-0.2, 0) is 25.3 Å². The van der Waals surface area contributed by atoms with Gasteiger partial charge in [0.25, 0.3) is 0 Å². The summed E-state index contributed by atoms with van der Waals surface area (Å²) in [4.78, 5) is 28.8. The van der Waals surface area contributed by atoms with E-state index in [4.69, 9.17) is 18.8 Å². The molecule has 0 radical (unpaired) electrons. The van der Waals surface area contributed by atoms with Crippen LogP contribution < -0.4 is 25.4 Å². The molecule has 0 aromatic heterocycles. The lowest BCUT2D eigenvalue weighted by Crippen LogP contribution is -2.65. The third-order valence-corrected chi connectivity index (χ3v) is 12.2. The van der Waals surface area contributed by atoms with Gasteiger partial charge >= 0.3 is 7.12 Å². The maximum Gasteiger partial charge on any atom is 0.481 e. The van der Waals surface area contributed by atoms with Crippen molar-refractivity contribution in [1.82, 2.24) is 10.6 Å². The number of carbonyl (C=O) groups is 2. The van der Waals surface area contributed by atoms with Crippen LogP contribution in [0.4, 0.5) is 5.69 Å². The second-order valence-electron chi connectivity index (χ2n) is 17.3. The normalized spacial score (nSPS) is 24.2. The van der Waals surface area contributed by atoms with Crippen molar-refractivity contribution in [2.24, 2.45) is 29.1 Å². The molecule has 4 aliphatic rings. The Balaban J connectivity index is 1.23. The van der Waals surface area contributed by atoms with E-state index in [1.165, 1.54) is 0 Å². The van der Waals surface area contributed by atoms with Gasteiger partial charge in [0.05, 0.1) is 31.9 Å². The maximum absolute atomic E-state index is 14.5. The number of hydrogen-bond donors (Lipinski definition) is 3. The number of amides is 2. The Labute approximate surface area is 322 Å². The van der Waals surface area contributed by atoms with Crippen molar-refractivity contribution in [1.29, 1.82) is 0 Å². The molecule has 3 N–H and O–H groups in total. The Morgan fingerprint density at radius 3 is 2.15 bits per heavy atom. The molecule has 1 heterocycles. The van der Waals surface area contributed by atoms with Crippen LogP contribution in [0.3, 0.4) is 0 Å². The van der Waals surface area contributed by atoms with Crippen LogP contribution >= 0.6 is 0 Å². The molecule has 2 bridgehead atoms. The van der Waals surface area contributed by atoms with E-state index in [1.54, 1.807) is 14.2 Å². The zero-order valence-electron chi connectivity index (χ0n) is 33.6. The van der Waals surface area contributed by atoms with E-state index in [-0.39, 0.29) is 40.8 Å². The monoisotopic (exact) mass is 737 g/mol. The fraction of sp³-hybridized carbons (Fsp3) is 0.545. The van der Waals surface area contributed by atoms with E-state index >= 15 is 0 Å². The number of methoxy groups -OCH3 is 2. The molecule has 2 amide bonds. The number of rotatable bonds is 16. The summed E-state index contributed by atoms with van der Waals surface area (Å²) < 4.78 is 24.6. The van der Waals surface area contributed by atoms with Gasteiger partial charge in [-0.05, 0) is 103 Å². The summed E-state index contributed by atoms with van der Waals surface area (Å²) >= 11 is 0. The molecule has 1 aliphatic heterocycles. The smallest absolute Gasteiger partial charge is 0.481 e. The lowest BCUT2D eigenvalue weighted by molar-refractivity contribution is -0.199. The van der Waals surface area contributed by atoms with Crippen molar-refractivity contribution >= 4 is 24.6 Å². The first-order chi connectivity index (χ1) is 25.7. The van der Waals surface area contributed by atoms with Crippen molar-refractivity contribution in [3.05, 3.63) is 78.4 Å². The number of ether oxygens (including phenoxy) is 2. The van der Waals surface area contributed by atoms with Crippen LogP contribution in [0.15, 0.2) is 72.8 Å². The van der Waals surface area contributed by atoms with Crippen LogP contribution in [0.5, 0.6) is 11.5 Å². The molecule has 0 unspecified atom stereocenters. The summed E-state index contributed by atoms with van der Waals surface area (Å²) in [7, 11) is 2.65. The van der Waals surface area contributed by atoms with Gasteiger partial charge in [0.1, 0.15) is 12.1 Å². The molecular formula is C44H60BN3O6. The molecule has 3 saturated carbocycles. The fourth-order valence-corrected chi connectivity index (χ4v) is 9.15. The maximum atomic E-state index is 14.5. The Morgan fingerprint density at radius 1 is 0.796 bits per heavy atom. The van der Waals surface area contributed by atoms with Gasteiger partial charge in [-0.2, -0.15) is 0 Å². The Kier molecular flexibility index (Phi) is 12.0. The van der Waals surface area contributed by atoms with Crippen molar-refractivity contribution in [3.8, 4) is 22.6 Å². The number of nitrogens with one attached hydrogen (secondary N) is 3. The van der Waals surface area contributed by atoms with Gasteiger partial charge in [-0.15, -0.1) is 0 Å². The molecule has 290 valence electrons. The largest absolute Gasteiger partial charge is 0.493 e. The first-order valence-corrected chi connectivity index (χ1v) is 19.8. The molecule has 10 heteroatoms. The first-order valence-electron chi connectivity index (χ1n) is 19.8. The Hall–Kier alpha value is -4.02. The molecule has 3 aliphatic carbocycles. The average Bonchev–Trinajstić information content (AvgIpc) is 3.51. The summed E-state index contributed by atoms with van der Waals surface area (Å²) in [6, 6.07) is 22.4. The zero-order valence-corrected chi connectivity index (χ0v) is 33.6. The van der Waals surface area contributed by atoms with Crippen LogP contribution in [0, 0.1) is 29.1 Å². The van der Waals surface area contributed by atoms with E-state index in [9.17, 15) is 9.59 Å². The molecule has 3 aromatic rings. The highest BCUT2D eigenvalue weighted by atomic mass is 16.7. The van der Waals surface area contributed by atoms with Crippen LogP contribution in [0.1, 0.15) is 79.7 Å². The summed E-state index contributed by atoms with van der Waals surface area (Å²) in [5, 5.41) is 9.98. The van der Waals surface area contributed by atoms with Crippen molar-refractivity contribution in [2.45, 2.75) is 110 Å². The predicted octanol–water partition coefficient (Wildman–Crippen LogP) is 7.72. The lowest BCUT2D eigenvalue weighted by Gasteiger charge is -2.64. The van der Waals surface area contributed by atoms with Gasteiger partial charge in [0.15, 0.2) is 11.5 Å². The third kappa shape index (κ3) is 8.45. The van der Waals surface area contributed by atoms with E-state index in [1.807, 2.05) is 54.6 Å². The second-order valence-corrected chi connectivity index (χ2v) is 17.3. The number of carbonyl (C=O) groups excluding carboxylic acids is 2. The van der Waals surface area contributed by atoms with Crippen LogP contribution in [0.25, 0.3) is 11.1 Å². The van der Waals surface area contributed by atoms with Gasteiger partial charge in [0, 0.05) is 12.1 Å². The van der Waals surface area contributed by atoms with Crippen LogP contribution in [0.2, 0.25) is 0 Å². The highest BCUT2D eigenvalue weighted by Gasteiger charge is 2.68. The molecule has 1 saturated heterocycles. The molecule has 3 aromatic carbocycles. The SMILES string of the molecule is COc1ccc(C[C@H](Nc2cccc(-c3ccccc3)c2)C(=O)N[C@@H](CC(C)C)C(=O)N[C@@H](CC(C)C)B2O[C@@H]3C[C@@H]4C[C@@H](C4(C)C)[C@]3(C)O2)cc1OC. The lowest BCUT2D eigenvalue weighted by atomic mass is 9.43. The van der Waals surface area contributed by atoms with Gasteiger partial charge < -0.3 is 34.7 Å². The van der Waals surface area contributed by atoms with Gasteiger partial charge in [-0.25, -0.2) is 0 Å². The third-order valence-electron chi connectivity index (χ3n) is 12.2. The zero-order chi connectivity index (χ0) is 38.8. The van der Waals surface area contributed by atoms with Crippen molar-refractivity contribution in [3.63, 3.8) is 0 Å². The van der Waals surface area contributed by atoms with Crippen LogP contribution in [-0.4, -0.2) is 62.9 Å². The minimum absolute atomic E-state index is 0.0146. The van der Waals surface area contributed by atoms with Crippen molar-refractivity contribution < 1.29 is 28.4 Å². The molecular weight excluding hydrogens is 677 g/mol. The first kappa shape index (κ1) is 39.7. The summed E-state index contributed by atoms with van der Waals surface area (Å²) in [6.45, 7) is 15.3. The molecule has 54 heavy (non-hydrogen) atoms. The minimum atomic E-state index is -0.761. The molecule has 9 nitrogen and oxygen atoms in total. The molecule has 7 atom stereocenters. The minimum Gasteiger partial charge on any atom is -0.493 e. The topological polar surface area (TPSA) is 107 Å². The summed E-state index contributed by atoms with van der Waals surface area (Å²) in [5.74, 6) is 1.84. The molecule has 4 fully saturated rings. The number of hydrogen-bond acceptors (Lipinski definition) is 7. The highest BCUT2D eigenvalue weighted by molar-refractivity contribution is 6.48. The van der Waals surface area contributed by atoms with Gasteiger partial charge in [-0.1, -0.05) is 90.1 Å². The Bertz CT molecular complexity index is 1770. The van der Waals surface area contributed by atoms with Gasteiger partial charge in [-0.3, -0.25) is 9.59 Å². The molecule has 7 rings (SSSR count). The quantitative estimate of drug-likeness (QED) is 0.129. The number of anilines is 1. The van der Waals surface area contributed by atoms with E-state index in [2.05, 4.69) is 82.6 Å². The van der Waals surface area contributed by atoms with E-state index in [0.717, 1.165) is 35.2 Å². The summed E-state index contributed by atoms with van der Waals surface area (Å²) in [5.41, 5.74) is 3.63.